The summed E-state index contributed by atoms with van der Waals surface area (Å²) >= 11 is 1.78. The minimum absolute atomic E-state index is 0.180. The molecule has 0 spiro atoms. The number of rotatable bonds is 4. The lowest BCUT2D eigenvalue weighted by Crippen LogP contribution is -2.33. The van der Waals surface area contributed by atoms with Gasteiger partial charge >= 0.3 is 0 Å². The molecule has 2 aromatic carbocycles. The van der Waals surface area contributed by atoms with Gasteiger partial charge in [-0.15, -0.1) is 11.3 Å². The number of benzene rings is 2. The highest BCUT2D eigenvalue weighted by molar-refractivity contribution is 7.10. The third kappa shape index (κ3) is 3.13. The van der Waals surface area contributed by atoms with Crippen LogP contribution in [0.15, 0.2) is 72.1 Å². The fourth-order valence-electron chi connectivity index (χ4n) is 3.00. The Morgan fingerprint density at radius 2 is 1.76 bits per heavy atom. The first kappa shape index (κ1) is 15.8. The van der Waals surface area contributed by atoms with Crippen LogP contribution in [-0.2, 0) is 0 Å². The van der Waals surface area contributed by atoms with E-state index in [-0.39, 0.29) is 6.04 Å². The van der Waals surface area contributed by atoms with Gasteiger partial charge in [-0.25, -0.2) is 0 Å². The summed E-state index contributed by atoms with van der Waals surface area (Å²) in [5.41, 5.74) is 8.26. The van der Waals surface area contributed by atoms with Gasteiger partial charge in [-0.05, 0) is 66.4 Å². The van der Waals surface area contributed by atoms with Crippen molar-refractivity contribution in [3.05, 3.63) is 88.1 Å². The molecule has 4 rings (SSSR count). The highest BCUT2D eigenvalue weighted by atomic mass is 32.1. The summed E-state index contributed by atoms with van der Waals surface area (Å²) < 4.78 is 5.26. The number of aryl methyl sites for hydroxylation is 1. The smallest absolute Gasteiger partial charge is 0.118 e. The number of hydrazine groups is 1. The van der Waals surface area contributed by atoms with Crippen molar-refractivity contribution in [2.45, 2.75) is 13.0 Å². The molecule has 0 saturated carbocycles. The number of nitrogens with one attached hydrogen (secondary N) is 1. The Hall–Kier alpha value is -2.72. The van der Waals surface area contributed by atoms with Gasteiger partial charge in [0.25, 0.3) is 0 Å². The summed E-state index contributed by atoms with van der Waals surface area (Å²) in [6, 6.07) is 21.2. The molecular formula is C21H20N2OS. The van der Waals surface area contributed by atoms with E-state index in [0.29, 0.717) is 0 Å². The Kier molecular flexibility index (Phi) is 4.20. The van der Waals surface area contributed by atoms with Gasteiger partial charge in [0.15, 0.2) is 0 Å². The van der Waals surface area contributed by atoms with Crippen molar-refractivity contribution in [3.8, 4) is 5.75 Å². The summed E-state index contributed by atoms with van der Waals surface area (Å²) in [5.74, 6) is 0.868. The molecule has 1 N–H and O–H groups in total. The first-order valence-electron chi connectivity index (χ1n) is 8.27. The normalized spacial score (nSPS) is 16.5. The third-order valence-corrected chi connectivity index (χ3v) is 5.33. The van der Waals surface area contributed by atoms with Crippen LogP contribution in [0.5, 0.6) is 5.75 Å². The predicted molar refractivity (Wildman–Crippen MR) is 105 cm³/mol. The molecule has 1 atom stereocenters. The van der Waals surface area contributed by atoms with E-state index in [1.54, 1.807) is 18.4 Å². The number of methoxy groups -OCH3 is 1. The monoisotopic (exact) mass is 348 g/mol. The Balaban J connectivity index is 1.69. The maximum atomic E-state index is 5.26. The lowest BCUT2D eigenvalue weighted by atomic mass is 10.1. The van der Waals surface area contributed by atoms with Gasteiger partial charge in [-0.2, -0.15) is 0 Å². The van der Waals surface area contributed by atoms with E-state index in [9.17, 15) is 0 Å². The summed E-state index contributed by atoms with van der Waals surface area (Å²) in [4.78, 5) is 1.32. The minimum Gasteiger partial charge on any atom is -0.497 e. The molecule has 25 heavy (non-hydrogen) atoms. The van der Waals surface area contributed by atoms with E-state index in [2.05, 4.69) is 77.3 Å². The van der Waals surface area contributed by atoms with Gasteiger partial charge in [-0.1, -0.05) is 23.8 Å². The van der Waals surface area contributed by atoms with Crippen molar-refractivity contribution in [3.63, 3.8) is 0 Å². The highest BCUT2D eigenvalue weighted by Crippen LogP contribution is 2.37. The standard InChI is InChI=1S/C21H20N2OS/c1-15-5-9-17(10-6-15)23-20(21-4-3-13-25-21)14-19(22-23)16-7-11-18(24-2)12-8-16/h3-14,20,22H,1-2H3. The van der Waals surface area contributed by atoms with E-state index in [0.717, 1.165) is 22.7 Å². The molecule has 0 amide bonds. The van der Waals surface area contributed by atoms with E-state index >= 15 is 0 Å². The Morgan fingerprint density at radius 3 is 2.40 bits per heavy atom. The van der Waals surface area contributed by atoms with Crippen LogP contribution in [0.25, 0.3) is 5.70 Å². The maximum absolute atomic E-state index is 5.26. The van der Waals surface area contributed by atoms with Gasteiger partial charge < -0.3 is 4.74 Å². The van der Waals surface area contributed by atoms with Crippen molar-refractivity contribution in [2.24, 2.45) is 0 Å². The van der Waals surface area contributed by atoms with Gasteiger partial charge in [0.05, 0.1) is 18.5 Å². The van der Waals surface area contributed by atoms with Crippen LogP contribution in [-0.4, -0.2) is 7.11 Å². The molecule has 3 aromatic rings. The van der Waals surface area contributed by atoms with Crippen LogP contribution in [0.1, 0.15) is 22.0 Å². The molecule has 1 aliphatic rings. The van der Waals surface area contributed by atoms with E-state index in [4.69, 9.17) is 4.74 Å². The molecule has 2 heterocycles. The van der Waals surface area contributed by atoms with Crippen molar-refractivity contribution >= 4 is 22.7 Å². The van der Waals surface area contributed by atoms with Crippen molar-refractivity contribution in [1.82, 2.24) is 5.43 Å². The van der Waals surface area contributed by atoms with Crippen LogP contribution in [0.3, 0.4) is 0 Å². The Bertz CT molecular complexity index is 867. The zero-order chi connectivity index (χ0) is 17.2. The zero-order valence-corrected chi connectivity index (χ0v) is 15.1. The number of thiophene rings is 1. The molecule has 1 aromatic heterocycles. The van der Waals surface area contributed by atoms with Gasteiger partial charge in [0, 0.05) is 4.88 Å². The number of nitrogens with zero attached hydrogens (tertiary/aromatic N) is 1. The van der Waals surface area contributed by atoms with Crippen LogP contribution < -0.4 is 15.2 Å². The first-order chi connectivity index (χ1) is 12.2. The fourth-order valence-corrected chi connectivity index (χ4v) is 3.78. The molecule has 0 saturated heterocycles. The van der Waals surface area contributed by atoms with Crippen molar-refractivity contribution < 1.29 is 4.74 Å². The second-order valence-electron chi connectivity index (χ2n) is 6.09. The summed E-state index contributed by atoms with van der Waals surface area (Å²) in [6.07, 6.45) is 2.29. The van der Waals surface area contributed by atoms with E-state index < -0.39 is 0 Å². The average Bonchev–Trinajstić information content (AvgIpc) is 3.32. The molecule has 1 unspecified atom stereocenters. The number of hydrogen-bond donors (Lipinski definition) is 1. The van der Waals surface area contributed by atoms with Gasteiger partial charge in [0.1, 0.15) is 11.8 Å². The molecule has 0 aliphatic carbocycles. The van der Waals surface area contributed by atoms with E-state index in [1.165, 1.54) is 10.4 Å². The summed E-state index contributed by atoms with van der Waals surface area (Å²) in [7, 11) is 1.69. The van der Waals surface area contributed by atoms with Gasteiger partial charge in [0.2, 0.25) is 0 Å². The highest BCUT2D eigenvalue weighted by Gasteiger charge is 2.27. The Morgan fingerprint density at radius 1 is 1.00 bits per heavy atom. The number of anilines is 1. The maximum Gasteiger partial charge on any atom is 0.118 e. The molecule has 126 valence electrons. The molecule has 0 fully saturated rings. The molecule has 1 aliphatic heterocycles. The molecular weight excluding hydrogens is 328 g/mol. The van der Waals surface area contributed by atoms with Crippen LogP contribution in [0.2, 0.25) is 0 Å². The molecule has 3 nitrogen and oxygen atoms in total. The minimum atomic E-state index is 0.180. The summed E-state index contributed by atoms with van der Waals surface area (Å²) in [6.45, 7) is 2.11. The molecule has 4 heteroatoms. The topological polar surface area (TPSA) is 24.5 Å². The van der Waals surface area contributed by atoms with Crippen molar-refractivity contribution in [1.29, 1.82) is 0 Å². The quantitative estimate of drug-likeness (QED) is 0.704. The van der Waals surface area contributed by atoms with Crippen LogP contribution in [0.4, 0.5) is 5.69 Å². The fraction of sp³-hybridized carbons (Fsp3) is 0.143. The predicted octanol–water partition coefficient (Wildman–Crippen LogP) is 5.17. The number of ether oxygens (including phenoxy) is 1. The second-order valence-corrected chi connectivity index (χ2v) is 7.07. The van der Waals surface area contributed by atoms with Crippen molar-refractivity contribution in [2.75, 3.05) is 12.1 Å². The largest absolute Gasteiger partial charge is 0.497 e. The van der Waals surface area contributed by atoms with Crippen LogP contribution in [0, 0.1) is 6.92 Å². The summed E-state index contributed by atoms with van der Waals surface area (Å²) in [5, 5.41) is 4.35. The lowest BCUT2D eigenvalue weighted by molar-refractivity contribution is 0.415. The average molecular weight is 348 g/mol. The van der Waals surface area contributed by atoms with E-state index in [1.807, 2.05) is 12.1 Å². The SMILES string of the molecule is COc1ccc(C2=CC(c3cccs3)N(c3ccc(C)cc3)N2)cc1. The second kappa shape index (κ2) is 6.65. The third-order valence-electron chi connectivity index (χ3n) is 4.39. The first-order valence-corrected chi connectivity index (χ1v) is 9.15. The molecule has 0 bridgehead atoms. The molecule has 0 radical (unpaired) electrons. The zero-order valence-electron chi connectivity index (χ0n) is 14.3. The van der Waals surface area contributed by atoms with Gasteiger partial charge in [-0.3, -0.25) is 10.4 Å². The lowest BCUT2D eigenvalue weighted by Gasteiger charge is -2.27. The Labute approximate surface area is 152 Å². The number of hydrogen-bond acceptors (Lipinski definition) is 4. The van der Waals surface area contributed by atoms with Crippen LogP contribution >= 0.6 is 11.3 Å².